The molecule has 0 radical (unpaired) electrons. The Labute approximate surface area is 153 Å². The average molecular weight is 349 g/mol. The highest BCUT2D eigenvalue weighted by Gasteiger charge is 2.13. The molecule has 0 aliphatic carbocycles. The summed E-state index contributed by atoms with van der Waals surface area (Å²) in [6.45, 7) is 4.35. The van der Waals surface area contributed by atoms with Crippen LogP contribution in [0.2, 0.25) is 0 Å². The van der Waals surface area contributed by atoms with Gasteiger partial charge in [0.1, 0.15) is 0 Å². The van der Waals surface area contributed by atoms with Gasteiger partial charge >= 0.3 is 0 Å². The summed E-state index contributed by atoms with van der Waals surface area (Å²) in [5.41, 5.74) is 10.6. The molecule has 0 atom stereocenters. The number of amides is 1. The fourth-order valence-electron chi connectivity index (χ4n) is 2.71. The number of nitrogens with one attached hydrogen (secondary N) is 2. The van der Waals surface area contributed by atoms with Gasteiger partial charge in [-0.1, -0.05) is 26.0 Å². The lowest BCUT2D eigenvalue weighted by atomic mass is 10.0. The van der Waals surface area contributed by atoms with Crippen molar-refractivity contribution >= 4 is 23.0 Å². The van der Waals surface area contributed by atoms with Crippen molar-refractivity contribution in [3.63, 3.8) is 0 Å². The summed E-state index contributed by atoms with van der Waals surface area (Å²) in [6, 6.07) is 11.9. The van der Waals surface area contributed by atoms with Gasteiger partial charge in [0.25, 0.3) is 0 Å². The zero-order valence-corrected chi connectivity index (χ0v) is 15.1. The molecule has 1 aliphatic rings. The van der Waals surface area contributed by atoms with Gasteiger partial charge in [0, 0.05) is 30.8 Å². The largest absolute Gasteiger partial charge is 0.278 e. The maximum absolute atomic E-state index is 11.2. The van der Waals surface area contributed by atoms with E-state index in [4.69, 9.17) is 0 Å². The van der Waals surface area contributed by atoms with Crippen molar-refractivity contribution < 1.29 is 4.79 Å². The molecule has 0 spiro atoms. The van der Waals surface area contributed by atoms with Crippen LogP contribution in [0, 0.1) is 5.92 Å². The molecule has 1 aliphatic heterocycles. The van der Waals surface area contributed by atoms with Crippen LogP contribution >= 0.6 is 0 Å². The molecule has 2 N–H and O–H groups in total. The van der Waals surface area contributed by atoms with Gasteiger partial charge in [-0.3, -0.25) is 15.2 Å². The normalized spacial score (nSPS) is 14.8. The number of carbonyl (C=O) groups is 1. The molecule has 0 saturated carbocycles. The van der Waals surface area contributed by atoms with Crippen LogP contribution in [-0.2, 0) is 4.79 Å². The van der Waals surface area contributed by atoms with Gasteiger partial charge in [0.05, 0.1) is 17.1 Å². The van der Waals surface area contributed by atoms with E-state index in [0.717, 1.165) is 34.7 Å². The van der Waals surface area contributed by atoms with Gasteiger partial charge in [-0.25, -0.2) is 5.43 Å². The highest BCUT2D eigenvalue weighted by molar-refractivity contribution is 6.04. The number of hydrogen-bond acceptors (Lipinski definition) is 5. The van der Waals surface area contributed by atoms with Crippen LogP contribution in [0.3, 0.4) is 0 Å². The Morgan fingerprint density at radius 3 is 2.50 bits per heavy atom. The van der Waals surface area contributed by atoms with Crippen molar-refractivity contribution in [3.8, 4) is 0 Å². The second-order valence-corrected chi connectivity index (χ2v) is 6.67. The molecule has 1 aromatic carbocycles. The zero-order valence-electron chi connectivity index (χ0n) is 15.1. The number of nitrogens with zero attached hydrogens (tertiary/aromatic N) is 3. The first-order chi connectivity index (χ1) is 12.6. The van der Waals surface area contributed by atoms with Crippen molar-refractivity contribution in [1.29, 1.82) is 0 Å². The second-order valence-electron chi connectivity index (χ2n) is 6.67. The minimum Gasteiger partial charge on any atom is -0.278 e. The third-order valence-electron chi connectivity index (χ3n) is 4.06. The second kappa shape index (κ2) is 8.38. The summed E-state index contributed by atoms with van der Waals surface area (Å²) in [5, 5.41) is 8.73. The number of benzene rings is 1. The molecular weight excluding hydrogens is 326 g/mol. The van der Waals surface area contributed by atoms with Crippen molar-refractivity contribution in [2.75, 3.05) is 5.43 Å². The van der Waals surface area contributed by atoms with Gasteiger partial charge in [-0.15, -0.1) is 0 Å². The van der Waals surface area contributed by atoms with Gasteiger partial charge in [0.2, 0.25) is 5.91 Å². The number of hydrogen-bond donors (Lipinski definition) is 2. The van der Waals surface area contributed by atoms with Crippen LogP contribution in [0.25, 0.3) is 0 Å². The minimum absolute atomic E-state index is 0.0323. The molecule has 6 heteroatoms. The first-order valence-electron chi connectivity index (χ1n) is 8.80. The third-order valence-corrected chi connectivity index (χ3v) is 4.06. The van der Waals surface area contributed by atoms with Crippen LogP contribution in [0.5, 0.6) is 0 Å². The van der Waals surface area contributed by atoms with E-state index in [1.807, 2.05) is 36.4 Å². The zero-order chi connectivity index (χ0) is 18.4. The van der Waals surface area contributed by atoms with Gasteiger partial charge in [0.15, 0.2) is 0 Å². The lowest BCUT2D eigenvalue weighted by Gasteiger charge is -2.13. The van der Waals surface area contributed by atoms with Crippen LogP contribution in [-0.4, -0.2) is 22.3 Å². The molecular formula is C20H23N5O. The number of rotatable bonds is 6. The van der Waals surface area contributed by atoms with Gasteiger partial charge in [-0.2, -0.15) is 10.2 Å². The van der Waals surface area contributed by atoms with Crippen LogP contribution in [0.1, 0.15) is 44.2 Å². The Morgan fingerprint density at radius 2 is 1.88 bits per heavy atom. The SMILES string of the molecule is CC(C)CC(=NNc1ccc(C2=NNC(=O)CC2)cc1)c1ccncc1. The molecule has 6 nitrogen and oxygen atoms in total. The lowest BCUT2D eigenvalue weighted by Crippen LogP contribution is -2.25. The standard InChI is InChI=1S/C20H23N5O/c1-14(2)13-19(16-9-11-21-12-10-16)24-22-17-5-3-15(4-6-17)18-7-8-20(26)25-23-18/h3-6,9-12,14,22H,7-8,13H2,1-2H3,(H,25,26). The maximum atomic E-state index is 11.2. The van der Waals surface area contributed by atoms with E-state index in [2.05, 4.69) is 39.9 Å². The summed E-state index contributed by atoms with van der Waals surface area (Å²) in [5.74, 6) is 0.473. The Bertz CT molecular complexity index is 810. The quantitative estimate of drug-likeness (QED) is 0.618. The topological polar surface area (TPSA) is 78.7 Å². The molecule has 0 fully saturated rings. The minimum atomic E-state index is -0.0323. The lowest BCUT2D eigenvalue weighted by molar-refractivity contribution is -0.121. The summed E-state index contributed by atoms with van der Waals surface area (Å²) >= 11 is 0. The molecule has 3 rings (SSSR count). The van der Waals surface area contributed by atoms with Gasteiger partial charge in [-0.05, 0) is 42.2 Å². The summed E-state index contributed by atoms with van der Waals surface area (Å²) in [7, 11) is 0. The number of anilines is 1. The number of pyridine rings is 1. The highest BCUT2D eigenvalue weighted by atomic mass is 16.2. The molecule has 26 heavy (non-hydrogen) atoms. The maximum Gasteiger partial charge on any atom is 0.240 e. The molecule has 0 saturated heterocycles. The molecule has 2 heterocycles. The van der Waals surface area contributed by atoms with E-state index in [9.17, 15) is 4.79 Å². The van der Waals surface area contributed by atoms with E-state index < -0.39 is 0 Å². The van der Waals surface area contributed by atoms with Crippen molar-refractivity contribution in [1.82, 2.24) is 10.4 Å². The number of hydrazone groups is 2. The number of carbonyl (C=O) groups excluding carboxylic acids is 1. The predicted octanol–water partition coefficient (Wildman–Crippen LogP) is 3.56. The van der Waals surface area contributed by atoms with E-state index >= 15 is 0 Å². The monoisotopic (exact) mass is 349 g/mol. The first-order valence-corrected chi connectivity index (χ1v) is 8.80. The molecule has 134 valence electrons. The number of aromatic nitrogens is 1. The molecule has 2 aromatic rings. The Balaban J connectivity index is 1.72. The Kier molecular flexibility index (Phi) is 5.73. The van der Waals surface area contributed by atoms with Crippen LogP contribution < -0.4 is 10.9 Å². The van der Waals surface area contributed by atoms with E-state index in [1.165, 1.54) is 0 Å². The van der Waals surface area contributed by atoms with Crippen molar-refractivity contribution in [3.05, 3.63) is 59.9 Å². The first kappa shape index (κ1) is 17.8. The average Bonchev–Trinajstić information content (AvgIpc) is 2.67. The van der Waals surface area contributed by atoms with Crippen LogP contribution in [0.4, 0.5) is 5.69 Å². The fraction of sp³-hybridized carbons (Fsp3) is 0.300. The van der Waals surface area contributed by atoms with E-state index in [-0.39, 0.29) is 5.91 Å². The third kappa shape index (κ3) is 4.75. The molecule has 1 aromatic heterocycles. The molecule has 0 unspecified atom stereocenters. The highest BCUT2D eigenvalue weighted by Crippen LogP contribution is 2.16. The van der Waals surface area contributed by atoms with Crippen molar-refractivity contribution in [2.24, 2.45) is 16.1 Å². The Morgan fingerprint density at radius 1 is 1.15 bits per heavy atom. The smallest absolute Gasteiger partial charge is 0.240 e. The summed E-state index contributed by atoms with van der Waals surface area (Å²) in [4.78, 5) is 15.3. The van der Waals surface area contributed by atoms with Crippen molar-refractivity contribution in [2.45, 2.75) is 33.1 Å². The van der Waals surface area contributed by atoms with E-state index in [0.29, 0.717) is 18.8 Å². The summed E-state index contributed by atoms with van der Waals surface area (Å²) < 4.78 is 0. The molecule has 0 bridgehead atoms. The molecule has 1 amide bonds. The Hall–Kier alpha value is -3.02. The predicted molar refractivity (Wildman–Crippen MR) is 104 cm³/mol. The fourth-order valence-corrected chi connectivity index (χ4v) is 2.71. The van der Waals surface area contributed by atoms with Crippen LogP contribution in [0.15, 0.2) is 59.0 Å². The van der Waals surface area contributed by atoms with Gasteiger partial charge < -0.3 is 0 Å². The van der Waals surface area contributed by atoms with E-state index in [1.54, 1.807) is 12.4 Å². The summed E-state index contributed by atoms with van der Waals surface area (Å²) in [6.07, 6.45) is 5.59.